The fourth-order valence-corrected chi connectivity index (χ4v) is 4.49. The molecule has 1 aliphatic carbocycles. The van der Waals surface area contributed by atoms with E-state index in [4.69, 9.17) is 18.9 Å². The van der Waals surface area contributed by atoms with Crippen LogP contribution in [-0.2, 0) is 18.9 Å². The Morgan fingerprint density at radius 3 is 1.94 bits per heavy atom. The summed E-state index contributed by atoms with van der Waals surface area (Å²) in [6.07, 6.45) is 7.65. The number of carbonyl (C=O) groups excluding carboxylic acids is 2. The molecule has 2 atom stereocenters. The molecule has 0 aromatic heterocycles. The molecule has 1 fully saturated rings. The first kappa shape index (κ1) is 30.6. The minimum atomic E-state index is -0.413. The van der Waals surface area contributed by atoms with Gasteiger partial charge in [-0.15, -0.1) is 0 Å². The second-order valence-corrected chi connectivity index (χ2v) is 9.52. The first-order valence-corrected chi connectivity index (χ1v) is 11.5. The molecule has 2 unspecified atom stereocenters. The molecule has 0 aromatic rings. The van der Waals surface area contributed by atoms with E-state index in [2.05, 4.69) is 44.6 Å². The van der Waals surface area contributed by atoms with Gasteiger partial charge in [-0.25, -0.2) is 9.59 Å². The van der Waals surface area contributed by atoms with Crippen LogP contribution < -0.4 is 10.6 Å². The highest BCUT2D eigenvalue weighted by molar-refractivity contribution is 5.68. The number of carbonyl (C=O) groups is 2. The van der Waals surface area contributed by atoms with Crippen molar-refractivity contribution in [3.05, 3.63) is 25.7 Å². The topological polar surface area (TPSA) is 95.1 Å². The summed E-state index contributed by atoms with van der Waals surface area (Å²) >= 11 is 0. The summed E-state index contributed by atoms with van der Waals surface area (Å²) in [7, 11) is 0. The summed E-state index contributed by atoms with van der Waals surface area (Å²) in [5, 5.41) is 5.90. The highest BCUT2D eigenvalue weighted by Gasteiger charge is 2.42. The van der Waals surface area contributed by atoms with E-state index < -0.39 is 12.2 Å². The predicted molar refractivity (Wildman–Crippen MR) is 131 cm³/mol. The van der Waals surface area contributed by atoms with E-state index >= 15 is 0 Å². The van der Waals surface area contributed by atoms with Crippen molar-refractivity contribution in [2.24, 2.45) is 10.8 Å². The number of amides is 2. The Morgan fingerprint density at radius 2 is 1.39 bits per heavy atom. The lowest BCUT2D eigenvalue weighted by Gasteiger charge is -2.46. The van der Waals surface area contributed by atoms with E-state index in [9.17, 15) is 9.59 Å². The van der Waals surface area contributed by atoms with Gasteiger partial charge >= 0.3 is 12.2 Å². The quantitative estimate of drug-likeness (QED) is 0.241. The molecule has 0 saturated heterocycles. The van der Waals surface area contributed by atoms with Gasteiger partial charge in [0.15, 0.2) is 0 Å². The number of ether oxygens (including phenoxy) is 4. The monoisotopic (exact) mass is 470 g/mol. The van der Waals surface area contributed by atoms with Gasteiger partial charge in [-0.1, -0.05) is 41.4 Å². The third-order valence-electron chi connectivity index (χ3n) is 5.44. The zero-order valence-electron chi connectivity index (χ0n) is 20.1. The molecule has 0 radical (unpaired) electrons. The van der Waals surface area contributed by atoms with Crippen LogP contribution in [0.1, 0.15) is 73.1 Å². The van der Waals surface area contributed by atoms with Crippen LogP contribution >= 0.6 is 0 Å². The van der Waals surface area contributed by atoms with Gasteiger partial charge in [0.25, 0.3) is 0 Å². The lowest BCUT2D eigenvalue weighted by atomic mass is 9.62. The van der Waals surface area contributed by atoms with Gasteiger partial charge in [0, 0.05) is 12.6 Å². The van der Waals surface area contributed by atoms with Crippen LogP contribution in [-0.4, -0.2) is 51.2 Å². The van der Waals surface area contributed by atoms with Crippen LogP contribution in [0, 0.1) is 10.8 Å². The van der Waals surface area contributed by atoms with Crippen LogP contribution in [0.5, 0.6) is 0 Å². The van der Waals surface area contributed by atoms with Crippen molar-refractivity contribution < 1.29 is 28.5 Å². The average Bonchev–Trinajstić information content (AvgIpc) is 2.70. The number of nitrogens with one attached hydrogen (secondary N) is 2. The van der Waals surface area contributed by atoms with Crippen LogP contribution in [0.4, 0.5) is 9.59 Å². The summed E-state index contributed by atoms with van der Waals surface area (Å²) < 4.78 is 20.6. The molecule has 2 amide bonds. The van der Waals surface area contributed by atoms with E-state index in [1.807, 2.05) is 0 Å². The van der Waals surface area contributed by atoms with Crippen LogP contribution in [0.25, 0.3) is 0 Å². The maximum Gasteiger partial charge on any atom is 0.407 e. The maximum atomic E-state index is 12.2. The largest absolute Gasteiger partial charge is 0.502 e. The number of hydrogen-bond donors (Lipinski definition) is 2. The van der Waals surface area contributed by atoms with E-state index in [1.165, 1.54) is 12.5 Å². The molecule has 8 heteroatoms. The van der Waals surface area contributed by atoms with Gasteiger partial charge < -0.3 is 29.6 Å². The lowest BCUT2D eigenvalue weighted by molar-refractivity contribution is 0.0618. The predicted octanol–water partition coefficient (Wildman–Crippen LogP) is 5.54. The summed E-state index contributed by atoms with van der Waals surface area (Å²) in [5.74, 6) is 0. The van der Waals surface area contributed by atoms with E-state index in [0.29, 0.717) is 33.0 Å². The summed E-state index contributed by atoms with van der Waals surface area (Å²) in [6.45, 7) is 15.8. The van der Waals surface area contributed by atoms with Gasteiger partial charge in [-0.05, 0) is 55.8 Å². The normalized spacial score (nSPS) is 21.0. The Hall–Kier alpha value is -2.38. The van der Waals surface area contributed by atoms with Crippen LogP contribution in [0.3, 0.4) is 0 Å². The Morgan fingerprint density at radius 1 is 0.879 bits per heavy atom. The molecule has 33 heavy (non-hydrogen) atoms. The fraction of sp³-hybridized carbons (Fsp3) is 0.760. The average molecular weight is 471 g/mol. The number of unbranched alkanes of at least 4 members (excludes halogenated alkanes) is 2. The van der Waals surface area contributed by atoms with Crippen molar-refractivity contribution in [2.75, 3.05) is 33.0 Å². The molecular formula is C25H46N2O6. The standard InChI is InChI=1S/C24H42N2O6.CH4/c1-6-29-12-8-10-14-31-21(27)25-19-24(5)17-20(16-23(3,4)18-24)26-22(28)32-15-11-9-13-30-7-2;/h6-7,20H,1-2,8-19H2,3-5H3,(H,25,27)(H,26,28);1H4. The highest BCUT2D eigenvalue weighted by Crippen LogP contribution is 2.45. The van der Waals surface area contributed by atoms with Gasteiger partial charge in [-0.2, -0.15) is 0 Å². The Kier molecular flexibility index (Phi) is 15.1. The zero-order chi connectivity index (χ0) is 23.9. The molecular weight excluding hydrogens is 424 g/mol. The first-order valence-electron chi connectivity index (χ1n) is 11.5. The third kappa shape index (κ3) is 14.4. The molecule has 1 aliphatic rings. The third-order valence-corrected chi connectivity index (χ3v) is 5.44. The van der Waals surface area contributed by atoms with Gasteiger partial charge in [0.1, 0.15) is 0 Å². The van der Waals surface area contributed by atoms with Gasteiger partial charge in [0.2, 0.25) is 0 Å². The molecule has 0 aromatic carbocycles. The van der Waals surface area contributed by atoms with Crippen molar-refractivity contribution in [2.45, 2.75) is 79.2 Å². The molecule has 2 N–H and O–H groups in total. The van der Waals surface area contributed by atoms with Crippen LogP contribution in [0.2, 0.25) is 0 Å². The number of hydrogen-bond acceptors (Lipinski definition) is 6. The molecule has 0 aliphatic heterocycles. The number of rotatable bonds is 15. The minimum absolute atomic E-state index is 0. The SMILES string of the molecule is C.C=COCCCCOC(=O)NCC1(C)CC(NC(=O)OCCCCOC=C)CC(C)(C)C1. The summed E-state index contributed by atoms with van der Waals surface area (Å²) in [4.78, 5) is 24.3. The molecule has 1 saturated carbocycles. The van der Waals surface area contributed by atoms with Crippen molar-refractivity contribution in [3.8, 4) is 0 Å². The first-order chi connectivity index (χ1) is 15.2. The molecule has 8 nitrogen and oxygen atoms in total. The molecule has 0 spiro atoms. The Labute approximate surface area is 200 Å². The molecule has 192 valence electrons. The summed E-state index contributed by atoms with van der Waals surface area (Å²) in [6, 6.07) is -0.0111. The second kappa shape index (κ2) is 16.3. The van der Waals surface area contributed by atoms with E-state index in [0.717, 1.165) is 44.9 Å². The highest BCUT2D eigenvalue weighted by atomic mass is 16.6. The second-order valence-electron chi connectivity index (χ2n) is 9.52. The fourth-order valence-electron chi connectivity index (χ4n) is 4.49. The van der Waals surface area contributed by atoms with E-state index in [1.54, 1.807) is 0 Å². The minimum Gasteiger partial charge on any atom is -0.502 e. The van der Waals surface area contributed by atoms with Crippen molar-refractivity contribution >= 4 is 12.2 Å². The van der Waals surface area contributed by atoms with Crippen molar-refractivity contribution in [1.29, 1.82) is 0 Å². The molecule has 0 heterocycles. The lowest BCUT2D eigenvalue weighted by Crippen LogP contribution is -2.50. The Balaban J connectivity index is 0.0000102. The van der Waals surface area contributed by atoms with Gasteiger partial charge in [-0.3, -0.25) is 0 Å². The van der Waals surface area contributed by atoms with Crippen molar-refractivity contribution in [3.63, 3.8) is 0 Å². The summed E-state index contributed by atoms with van der Waals surface area (Å²) in [5.41, 5.74) is -0.123. The molecule has 1 rings (SSSR count). The smallest absolute Gasteiger partial charge is 0.407 e. The van der Waals surface area contributed by atoms with E-state index in [-0.39, 0.29) is 24.3 Å². The van der Waals surface area contributed by atoms with Gasteiger partial charge in [0.05, 0.1) is 39.0 Å². The Bertz CT molecular complexity index is 595. The van der Waals surface area contributed by atoms with Crippen molar-refractivity contribution in [1.82, 2.24) is 10.6 Å². The van der Waals surface area contributed by atoms with Crippen LogP contribution in [0.15, 0.2) is 25.7 Å². The zero-order valence-corrected chi connectivity index (χ0v) is 20.1. The maximum absolute atomic E-state index is 12.2. The number of alkyl carbamates (subject to hydrolysis) is 2. The molecule has 0 bridgehead atoms.